The van der Waals surface area contributed by atoms with Gasteiger partial charge in [-0.1, -0.05) is 30.3 Å². The zero-order valence-electron chi connectivity index (χ0n) is 10.2. The van der Waals surface area contributed by atoms with Gasteiger partial charge in [-0.3, -0.25) is 10.7 Å². The lowest BCUT2D eigenvalue weighted by Crippen LogP contribution is -2.00. The number of anilines is 2. The van der Waals surface area contributed by atoms with Gasteiger partial charge in [-0.2, -0.15) is 0 Å². The van der Waals surface area contributed by atoms with Gasteiger partial charge in [-0.05, 0) is 23.8 Å². The van der Waals surface area contributed by atoms with Crippen molar-refractivity contribution in [3.63, 3.8) is 0 Å². The molecule has 2 rings (SSSR count). The van der Waals surface area contributed by atoms with E-state index in [1.807, 2.05) is 43.4 Å². The Morgan fingerprint density at radius 1 is 1.11 bits per heavy atom. The molecule has 0 saturated heterocycles. The lowest BCUT2D eigenvalue weighted by molar-refractivity contribution is 0.307. The first-order valence-electron chi connectivity index (χ1n) is 5.72. The highest BCUT2D eigenvalue weighted by Crippen LogP contribution is 2.28. The van der Waals surface area contributed by atoms with Crippen LogP contribution in [0.15, 0.2) is 48.5 Å². The van der Waals surface area contributed by atoms with Crippen molar-refractivity contribution in [1.29, 1.82) is 0 Å². The zero-order valence-corrected chi connectivity index (χ0v) is 10.2. The summed E-state index contributed by atoms with van der Waals surface area (Å²) in [7, 11) is 1.81. The molecule has 4 nitrogen and oxygen atoms in total. The number of benzene rings is 2. The summed E-state index contributed by atoms with van der Waals surface area (Å²) in [5, 5.41) is 11.9. The third-order valence-electron chi connectivity index (χ3n) is 2.62. The van der Waals surface area contributed by atoms with E-state index in [4.69, 9.17) is 9.94 Å². The minimum atomic E-state index is 0.515. The predicted octanol–water partition coefficient (Wildman–Crippen LogP) is 3.11. The van der Waals surface area contributed by atoms with Crippen molar-refractivity contribution in [2.75, 3.05) is 17.8 Å². The van der Waals surface area contributed by atoms with Crippen LogP contribution in [0.1, 0.15) is 5.56 Å². The summed E-state index contributed by atoms with van der Waals surface area (Å²) in [6, 6.07) is 15.3. The van der Waals surface area contributed by atoms with Crippen molar-refractivity contribution in [3.8, 4) is 5.75 Å². The monoisotopic (exact) mass is 244 g/mol. The standard InChI is InChI=1S/C14H16N2O2/c1-15-13-9-12(16-17)7-8-14(13)18-10-11-5-3-2-4-6-11/h2-9,15-17H,10H2,1H3. The van der Waals surface area contributed by atoms with Gasteiger partial charge in [0.05, 0.1) is 11.4 Å². The summed E-state index contributed by atoms with van der Waals surface area (Å²) in [6.45, 7) is 0.515. The van der Waals surface area contributed by atoms with Crippen LogP contribution in [-0.2, 0) is 6.61 Å². The normalized spacial score (nSPS) is 9.89. The van der Waals surface area contributed by atoms with E-state index in [1.54, 1.807) is 12.1 Å². The number of ether oxygens (including phenoxy) is 1. The Hall–Kier alpha value is -2.20. The average Bonchev–Trinajstić information content (AvgIpc) is 2.46. The first-order chi connectivity index (χ1) is 8.83. The quantitative estimate of drug-likeness (QED) is 0.707. The molecule has 0 amide bonds. The van der Waals surface area contributed by atoms with E-state index in [2.05, 4.69) is 10.8 Å². The minimum Gasteiger partial charge on any atom is -0.487 e. The number of hydrogen-bond donors (Lipinski definition) is 3. The molecule has 0 aliphatic carbocycles. The highest BCUT2D eigenvalue weighted by atomic mass is 16.5. The fraction of sp³-hybridized carbons (Fsp3) is 0.143. The van der Waals surface area contributed by atoms with Crippen molar-refractivity contribution < 1.29 is 9.94 Å². The van der Waals surface area contributed by atoms with E-state index in [0.29, 0.717) is 12.3 Å². The average molecular weight is 244 g/mol. The second kappa shape index (κ2) is 5.93. The molecule has 0 unspecified atom stereocenters. The highest BCUT2D eigenvalue weighted by molar-refractivity contribution is 5.64. The van der Waals surface area contributed by atoms with Crippen molar-refractivity contribution >= 4 is 11.4 Å². The molecule has 0 aliphatic rings. The molecule has 0 aromatic heterocycles. The van der Waals surface area contributed by atoms with Gasteiger partial charge in [0.15, 0.2) is 0 Å². The number of hydrogen-bond acceptors (Lipinski definition) is 4. The van der Waals surface area contributed by atoms with Crippen LogP contribution in [0.2, 0.25) is 0 Å². The third-order valence-corrected chi connectivity index (χ3v) is 2.62. The third kappa shape index (κ3) is 2.93. The molecule has 4 heteroatoms. The molecule has 0 spiro atoms. The maximum atomic E-state index is 8.84. The summed E-state index contributed by atoms with van der Waals surface area (Å²) >= 11 is 0. The van der Waals surface area contributed by atoms with Crippen LogP contribution in [-0.4, -0.2) is 12.3 Å². The van der Waals surface area contributed by atoms with Crippen LogP contribution in [0.25, 0.3) is 0 Å². The van der Waals surface area contributed by atoms with Gasteiger partial charge in [-0.25, -0.2) is 0 Å². The van der Waals surface area contributed by atoms with E-state index in [9.17, 15) is 0 Å². The molecule has 0 aliphatic heterocycles. The van der Waals surface area contributed by atoms with Crippen LogP contribution >= 0.6 is 0 Å². The SMILES string of the molecule is CNc1cc(NO)ccc1OCc1ccccc1. The first kappa shape index (κ1) is 12.3. The van der Waals surface area contributed by atoms with Gasteiger partial charge in [0, 0.05) is 7.05 Å². The lowest BCUT2D eigenvalue weighted by Gasteiger charge is -2.12. The Morgan fingerprint density at radius 3 is 2.56 bits per heavy atom. The van der Waals surface area contributed by atoms with Crippen LogP contribution < -0.4 is 15.5 Å². The fourth-order valence-electron chi connectivity index (χ4n) is 1.66. The van der Waals surface area contributed by atoms with Crippen LogP contribution in [0.4, 0.5) is 11.4 Å². The molecule has 3 N–H and O–H groups in total. The highest BCUT2D eigenvalue weighted by Gasteiger charge is 2.04. The van der Waals surface area contributed by atoms with Gasteiger partial charge in [0.25, 0.3) is 0 Å². The van der Waals surface area contributed by atoms with Gasteiger partial charge in [0.2, 0.25) is 0 Å². The summed E-state index contributed by atoms with van der Waals surface area (Å²) in [5.74, 6) is 0.750. The fourth-order valence-corrected chi connectivity index (χ4v) is 1.66. The molecule has 0 fully saturated rings. The van der Waals surface area contributed by atoms with Gasteiger partial charge in [0.1, 0.15) is 12.4 Å². The van der Waals surface area contributed by atoms with Crippen molar-refractivity contribution in [2.24, 2.45) is 0 Å². The smallest absolute Gasteiger partial charge is 0.143 e. The summed E-state index contributed by atoms with van der Waals surface area (Å²) in [5.41, 5.74) is 4.66. The molecular formula is C14H16N2O2. The van der Waals surface area contributed by atoms with Crippen LogP contribution in [0, 0.1) is 0 Å². The second-order valence-electron chi connectivity index (χ2n) is 3.85. The molecule has 0 heterocycles. The van der Waals surface area contributed by atoms with E-state index >= 15 is 0 Å². The minimum absolute atomic E-state index is 0.515. The lowest BCUT2D eigenvalue weighted by atomic mass is 10.2. The van der Waals surface area contributed by atoms with Gasteiger partial charge in [-0.15, -0.1) is 0 Å². The molecule has 94 valence electrons. The predicted molar refractivity (Wildman–Crippen MR) is 72.2 cm³/mol. The zero-order chi connectivity index (χ0) is 12.8. The Labute approximate surface area is 106 Å². The maximum Gasteiger partial charge on any atom is 0.143 e. The van der Waals surface area contributed by atoms with E-state index < -0.39 is 0 Å². The molecule has 2 aromatic rings. The topological polar surface area (TPSA) is 53.5 Å². The first-order valence-corrected chi connectivity index (χ1v) is 5.72. The molecule has 0 bridgehead atoms. The maximum absolute atomic E-state index is 8.84. The Bertz CT molecular complexity index is 500. The van der Waals surface area contributed by atoms with Crippen molar-refractivity contribution in [2.45, 2.75) is 6.61 Å². The van der Waals surface area contributed by atoms with E-state index in [0.717, 1.165) is 17.0 Å². The number of nitrogens with one attached hydrogen (secondary N) is 2. The molecule has 0 atom stereocenters. The van der Waals surface area contributed by atoms with Gasteiger partial charge < -0.3 is 10.1 Å². The number of rotatable bonds is 5. The Kier molecular flexibility index (Phi) is 4.04. The van der Waals surface area contributed by atoms with Gasteiger partial charge >= 0.3 is 0 Å². The molecular weight excluding hydrogens is 228 g/mol. The van der Waals surface area contributed by atoms with Crippen molar-refractivity contribution in [3.05, 3.63) is 54.1 Å². The molecule has 2 aromatic carbocycles. The van der Waals surface area contributed by atoms with E-state index in [-0.39, 0.29) is 0 Å². The van der Waals surface area contributed by atoms with Crippen LogP contribution in [0.5, 0.6) is 5.75 Å². The Balaban J connectivity index is 2.09. The summed E-state index contributed by atoms with van der Waals surface area (Å²) < 4.78 is 5.74. The molecule has 0 saturated carbocycles. The molecule has 0 radical (unpaired) electrons. The van der Waals surface area contributed by atoms with Crippen LogP contribution in [0.3, 0.4) is 0 Å². The van der Waals surface area contributed by atoms with E-state index in [1.165, 1.54) is 0 Å². The summed E-state index contributed by atoms with van der Waals surface area (Å²) in [4.78, 5) is 0. The summed E-state index contributed by atoms with van der Waals surface area (Å²) in [6.07, 6.45) is 0. The second-order valence-corrected chi connectivity index (χ2v) is 3.85. The van der Waals surface area contributed by atoms with Crippen molar-refractivity contribution in [1.82, 2.24) is 0 Å². The Morgan fingerprint density at radius 2 is 1.89 bits per heavy atom. The largest absolute Gasteiger partial charge is 0.487 e. The molecule has 18 heavy (non-hydrogen) atoms.